The van der Waals surface area contributed by atoms with Crippen LogP contribution in [0.5, 0.6) is 5.75 Å². The molecule has 1 N–H and O–H groups in total. The van der Waals surface area contributed by atoms with Crippen molar-refractivity contribution in [2.45, 2.75) is 45.2 Å². The van der Waals surface area contributed by atoms with Gasteiger partial charge >= 0.3 is 0 Å². The maximum atomic E-state index is 13.3. The Morgan fingerprint density at radius 1 is 0.972 bits per heavy atom. The van der Waals surface area contributed by atoms with Crippen molar-refractivity contribution < 1.29 is 19.4 Å². The van der Waals surface area contributed by atoms with Crippen molar-refractivity contribution in [2.75, 3.05) is 0 Å². The van der Waals surface area contributed by atoms with E-state index in [1.165, 1.54) is 12.1 Å². The predicted molar refractivity (Wildman–Crippen MR) is 142 cm³/mol. The first-order chi connectivity index (χ1) is 17.1. The molecule has 4 aromatic rings. The minimum absolute atomic E-state index is 0. The van der Waals surface area contributed by atoms with Gasteiger partial charge in [0, 0.05) is 6.99 Å². The molecule has 8 heteroatoms. The van der Waals surface area contributed by atoms with Gasteiger partial charge in [0.1, 0.15) is 11.4 Å². The third-order valence-corrected chi connectivity index (χ3v) is 7.11. The summed E-state index contributed by atoms with van der Waals surface area (Å²) in [5, 5.41) is 4.69. The lowest BCUT2D eigenvalue weighted by atomic mass is 10.0. The Labute approximate surface area is 213 Å². The number of hydrogen-bond donors (Lipinski definition) is 1. The Morgan fingerprint density at radius 2 is 1.61 bits per heavy atom. The molecule has 36 heavy (non-hydrogen) atoms. The van der Waals surface area contributed by atoms with Crippen LogP contribution >= 0.6 is 0 Å². The van der Waals surface area contributed by atoms with E-state index < -0.39 is 15.9 Å². The summed E-state index contributed by atoms with van der Waals surface area (Å²) in [4.78, 5) is 13.3. The molecule has 1 heterocycles. The highest BCUT2D eigenvalue weighted by molar-refractivity contribution is 7.90. The molecule has 188 valence electrons. The summed E-state index contributed by atoms with van der Waals surface area (Å²) in [6, 6.07) is 22.8. The van der Waals surface area contributed by atoms with Crippen molar-refractivity contribution in [3.8, 4) is 17.0 Å². The highest BCUT2D eigenvalue weighted by Gasteiger charge is 2.23. The summed E-state index contributed by atoms with van der Waals surface area (Å²) < 4.78 is 35.1. The second-order valence-corrected chi connectivity index (χ2v) is 10.6. The van der Waals surface area contributed by atoms with E-state index in [0.29, 0.717) is 12.2 Å². The highest BCUT2D eigenvalue weighted by Crippen LogP contribution is 2.25. The van der Waals surface area contributed by atoms with Gasteiger partial charge in [-0.25, -0.2) is 13.1 Å². The van der Waals surface area contributed by atoms with Gasteiger partial charge in [0.2, 0.25) is 0 Å². The Hall–Kier alpha value is -3.91. The van der Waals surface area contributed by atoms with E-state index in [-0.39, 0.29) is 18.1 Å². The molecule has 0 saturated heterocycles. The molecule has 1 amide bonds. The van der Waals surface area contributed by atoms with Crippen molar-refractivity contribution >= 4 is 15.9 Å². The first-order valence-electron chi connectivity index (χ1n) is 11.7. The molecule has 1 aromatic heterocycles. The van der Waals surface area contributed by atoms with Gasteiger partial charge in [-0.15, -0.1) is 0 Å². The fourth-order valence-corrected chi connectivity index (χ4v) is 4.90. The van der Waals surface area contributed by atoms with Crippen LogP contribution in [-0.4, -0.2) is 30.2 Å². The zero-order valence-corrected chi connectivity index (χ0v) is 21.5. The maximum absolute atomic E-state index is 13.3. The first kappa shape index (κ1) is 25.2. The number of carbonyl (C=O) groups excluding carboxylic acids is 1. The van der Waals surface area contributed by atoms with Gasteiger partial charge in [0.05, 0.1) is 23.2 Å². The minimum atomic E-state index is -4.04. The smallest absolute Gasteiger partial charge is 0.283 e. The first-order valence-corrected chi connectivity index (χ1v) is 13.1. The third-order valence-electron chi connectivity index (χ3n) is 5.77. The summed E-state index contributed by atoms with van der Waals surface area (Å²) in [6.07, 6.45) is 0.0503. The molecule has 0 radical (unpaired) electrons. The molecule has 0 bridgehead atoms. The van der Waals surface area contributed by atoms with Gasteiger partial charge in [-0.3, -0.25) is 9.48 Å². The van der Waals surface area contributed by atoms with Crippen molar-refractivity contribution in [1.29, 1.82) is 0 Å². The van der Waals surface area contributed by atoms with Crippen molar-refractivity contribution in [3.05, 3.63) is 101 Å². The predicted octanol–water partition coefficient (Wildman–Crippen LogP) is 5.37. The molecule has 0 unspecified atom stereocenters. The molecular formula is C28H31N3O4S. The van der Waals surface area contributed by atoms with E-state index in [1.54, 1.807) is 28.9 Å². The number of benzene rings is 3. The SMILES string of the molecule is Cc1cccc(C)c1Cn1nc(-c2ccc(OC(C)C)cc2)cc1C(=O)NS(=O)(=O)c1ccccc1.[HH]. The van der Waals surface area contributed by atoms with Crippen LogP contribution in [0.2, 0.25) is 0 Å². The molecule has 0 atom stereocenters. The van der Waals surface area contributed by atoms with E-state index in [4.69, 9.17) is 9.84 Å². The second kappa shape index (κ2) is 10.4. The van der Waals surface area contributed by atoms with Gasteiger partial charge in [-0.2, -0.15) is 5.10 Å². The second-order valence-electron chi connectivity index (χ2n) is 8.88. The highest BCUT2D eigenvalue weighted by atomic mass is 32.2. The van der Waals surface area contributed by atoms with Crippen LogP contribution in [0.3, 0.4) is 0 Å². The quantitative estimate of drug-likeness (QED) is 0.348. The van der Waals surface area contributed by atoms with E-state index >= 15 is 0 Å². The largest absolute Gasteiger partial charge is 0.491 e. The fourth-order valence-electron chi connectivity index (χ4n) is 3.92. The Kier molecular flexibility index (Phi) is 7.26. The van der Waals surface area contributed by atoms with E-state index in [9.17, 15) is 13.2 Å². The molecule has 0 aliphatic rings. The zero-order valence-electron chi connectivity index (χ0n) is 20.7. The van der Waals surface area contributed by atoms with Gasteiger partial charge in [-0.05, 0) is 86.8 Å². The summed E-state index contributed by atoms with van der Waals surface area (Å²) in [5.74, 6) is -0.0146. The van der Waals surface area contributed by atoms with Crippen LogP contribution in [0.4, 0.5) is 0 Å². The number of aromatic nitrogens is 2. The summed E-state index contributed by atoms with van der Waals surface area (Å²) >= 11 is 0. The fraction of sp³-hybridized carbons (Fsp3) is 0.214. The minimum Gasteiger partial charge on any atom is -0.491 e. The normalized spacial score (nSPS) is 11.5. The van der Waals surface area contributed by atoms with E-state index in [0.717, 1.165) is 28.0 Å². The molecule has 0 spiro atoms. The average molecular weight is 506 g/mol. The number of ether oxygens (including phenoxy) is 1. The van der Waals surface area contributed by atoms with Gasteiger partial charge in [0.15, 0.2) is 0 Å². The van der Waals surface area contributed by atoms with Crippen molar-refractivity contribution in [2.24, 2.45) is 0 Å². The molecule has 3 aromatic carbocycles. The van der Waals surface area contributed by atoms with Crippen LogP contribution < -0.4 is 9.46 Å². The van der Waals surface area contributed by atoms with Crippen LogP contribution in [0.25, 0.3) is 11.3 Å². The van der Waals surface area contributed by atoms with Crippen LogP contribution in [0, 0.1) is 13.8 Å². The lowest BCUT2D eigenvalue weighted by Gasteiger charge is -2.13. The lowest BCUT2D eigenvalue weighted by Crippen LogP contribution is -2.32. The van der Waals surface area contributed by atoms with Crippen molar-refractivity contribution in [1.82, 2.24) is 14.5 Å². The number of amides is 1. The summed E-state index contributed by atoms with van der Waals surface area (Å²) in [5.41, 5.74) is 4.63. The number of nitrogens with zero attached hydrogens (tertiary/aromatic N) is 2. The number of rotatable bonds is 8. The van der Waals surface area contributed by atoms with Crippen LogP contribution in [0.1, 0.15) is 42.5 Å². The standard InChI is InChI=1S/C28H29N3O4S.H2/c1-19(2)35-23-15-13-22(14-16-23)26-17-27(28(32)30-36(33,34)24-11-6-5-7-12-24)31(29-26)18-25-20(3)9-8-10-21(25)4;/h5-17,19H,18H2,1-4H3,(H,30,32);1H. The zero-order chi connectivity index (χ0) is 25.9. The number of sulfonamides is 1. The Morgan fingerprint density at radius 3 is 2.22 bits per heavy atom. The molecule has 0 aliphatic carbocycles. The molecule has 7 nitrogen and oxygen atoms in total. The average Bonchev–Trinajstić information content (AvgIpc) is 3.26. The molecule has 0 saturated carbocycles. The molecule has 4 rings (SSSR count). The number of nitrogens with one attached hydrogen (secondary N) is 1. The Bertz CT molecular complexity index is 1460. The van der Waals surface area contributed by atoms with Crippen molar-refractivity contribution in [3.63, 3.8) is 0 Å². The topological polar surface area (TPSA) is 90.3 Å². The number of aryl methyl sites for hydroxylation is 2. The number of carbonyl (C=O) groups is 1. The van der Waals surface area contributed by atoms with Gasteiger partial charge in [-0.1, -0.05) is 36.4 Å². The third kappa shape index (κ3) is 5.66. The lowest BCUT2D eigenvalue weighted by molar-refractivity contribution is 0.0971. The van der Waals surface area contributed by atoms with Crippen LogP contribution in [0.15, 0.2) is 83.8 Å². The van der Waals surface area contributed by atoms with Gasteiger partial charge < -0.3 is 4.74 Å². The van der Waals surface area contributed by atoms with Gasteiger partial charge in [0.25, 0.3) is 15.9 Å². The van der Waals surface area contributed by atoms with E-state index in [2.05, 4.69) is 4.72 Å². The monoisotopic (exact) mass is 505 g/mol. The number of hydrogen-bond acceptors (Lipinski definition) is 5. The molecule has 0 fully saturated rings. The molecule has 0 aliphatic heterocycles. The van der Waals surface area contributed by atoms with Crippen LogP contribution in [-0.2, 0) is 16.6 Å². The maximum Gasteiger partial charge on any atom is 0.283 e. The Balaban J connectivity index is 0.00000380. The summed E-state index contributed by atoms with van der Waals surface area (Å²) in [7, 11) is -4.04. The molecular weight excluding hydrogens is 474 g/mol. The van der Waals surface area contributed by atoms with E-state index in [1.807, 2.05) is 70.2 Å². The summed E-state index contributed by atoms with van der Waals surface area (Å²) in [6.45, 7) is 8.23.